The van der Waals surface area contributed by atoms with E-state index in [-0.39, 0.29) is 12.6 Å². The maximum absolute atomic E-state index is 12.0. The van der Waals surface area contributed by atoms with Crippen molar-refractivity contribution in [2.75, 3.05) is 5.32 Å². The van der Waals surface area contributed by atoms with E-state index in [0.717, 1.165) is 22.4 Å². The van der Waals surface area contributed by atoms with Crippen molar-refractivity contribution in [1.29, 1.82) is 5.26 Å². The molecule has 41 heavy (non-hydrogen) atoms. The van der Waals surface area contributed by atoms with Gasteiger partial charge in [0.15, 0.2) is 5.82 Å². The number of amides is 1. The zero-order chi connectivity index (χ0) is 29.0. The van der Waals surface area contributed by atoms with Gasteiger partial charge < -0.3 is 14.5 Å². The molecule has 0 saturated carbocycles. The Hall–Kier alpha value is -5.43. The van der Waals surface area contributed by atoms with Gasteiger partial charge in [0, 0.05) is 11.1 Å². The number of ether oxygens (including phenoxy) is 2. The summed E-state index contributed by atoms with van der Waals surface area (Å²) < 4.78 is 13.3. The number of hydrogen-bond acceptors (Lipinski definition) is 7. The van der Waals surface area contributed by atoms with E-state index in [1.165, 1.54) is 0 Å². The Kier molecular flexibility index (Phi) is 7.52. The van der Waals surface area contributed by atoms with Crippen LogP contribution >= 0.6 is 0 Å². The molecule has 2 aromatic heterocycles. The molecule has 0 bridgehead atoms. The van der Waals surface area contributed by atoms with Crippen LogP contribution in [0.1, 0.15) is 37.7 Å². The van der Waals surface area contributed by atoms with Crippen molar-refractivity contribution in [3.63, 3.8) is 0 Å². The second-order valence-corrected chi connectivity index (χ2v) is 10.3. The molecule has 0 aliphatic rings. The van der Waals surface area contributed by atoms with Crippen LogP contribution in [-0.2, 0) is 11.3 Å². The molecule has 0 aliphatic carbocycles. The van der Waals surface area contributed by atoms with E-state index in [0.29, 0.717) is 28.5 Å². The minimum absolute atomic E-state index is 0.166. The second kappa shape index (κ2) is 11.4. The molecular formula is C31H29N7O3. The molecule has 5 aromatic rings. The number of hydrogen-bond donors (Lipinski definition) is 2. The predicted octanol–water partition coefficient (Wildman–Crippen LogP) is 6.43. The SMILES string of the molecule is Cc1nn(-c2ccccc2)c(COc2ccccc2-c2ccc(-c3nnc(NC(=O)OC(C)(C)C)[nH]3)cc2)c1C#N. The monoisotopic (exact) mass is 547 g/mol. The van der Waals surface area contributed by atoms with Crippen LogP contribution in [0.3, 0.4) is 0 Å². The summed E-state index contributed by atoms with van der Waals surface area (Å²) in [6.07, 6.45) is -0.615. The highest BCUT2D eigenvalue weighted by Crippen LogP contribution is 2.32. The third kappa shape index (κ3) is 6.25. The fourth-order valence-corrected chi connectivity index (χ4v) is 4.27. The molecule has 10 nitrogen and oxygen atoms in total. The topological polar surface area (TPSA) is 131 Å². The Bertz CT molecular complexity index is 1710. The molecule has 10 heteroatoms. The van der Waals surface area contributed by atoms with Gasteiger partial charge in [-0.25, -0.2) is 9.48 Å². The van der Waals surface area contributed by atoms with E-state index in [9.17, 15) is 10.1 Å². The highest BCUT2D eigenvalue weighted by Gasteiger charge is 2.19. The van der Waals surface area contributed by atoms with Crippen LogP contribution < -0.4 is 10.1 Å². The van der Waals surface area contributed by atoms with Crippen LogP contribution in [-0.4, -0.2) is 36.7 Å². The molecule has 0 atom stereocenters. The van der Waals surface area contributed by atoms with Crippen molar-refractivity contribution in [3.8, 4) is 40.0 Å². The van der Waals surface area contributed by atoms with Crippen molar-refractivity contribution in [2.24, 2.45) is 0 Å². The number of carbonyl (C=O) groups is 1. The van der Waals surface area contributed by atoms with E-state index in [2.05, 4.69) is 31.7 Å². The first kappa shape index (κ1) is 27.1. The average Bonchev–Trinajstić information content (AvgIpc) is 3.55. The molecule has 2 heterocycles. The van der Waals surface area contributed by atoms with E-state index in [1.807, 2.05) is 85.8 Å². The third-order valence-electron chi connectivity index (χ3n) is 6.10. The summed E-state index contributed by atoms with van der Waals surface area (Å²) in [5, 5.41) is 25.1. The van der Waals surface area contributed by atoms with Gasteiger partial charge in [0.1, 0.15) is 29.6 Å². The predicted molar refractivity (Wildman–Crippen MR) is 154 cm³/mol. The quantitative estimate of drug-likeness (QED) is 0.240. The fourth-order valence-electron chi connectivity index (χ4n) is 4.27. The molecule has 0 radical (unpaired) electrons. The summed E-state index contributed by atoms with van der Waals surface area (Å²) in [5.41, 5.74) is 4.69. The number of rotatable bonds is 7. The third-order valence-corrected chi connectivity index (χ3v) is 6.10. The number of nitrogens with one attached hydrogen (secondary N) is 2. The largest absolute Gasteiger partial charge is 0.487 e. The van der Waals surface area contributed by atoms with Gasteiger partial charge in [-0.2, -0.15) is 10.4 Å². The summed E-state index contributed by atoms with van der Waals surface area (Å²) in [6.45, 7) is 7.34. The molecule has 3 aromatic carbocycles. The number of nitrogens with zero attached hydrogens (tertiary/aromatic N) is 5. The van der Waals surface area contributed by atoms with Crippen molar-refractivity contribution in [2.45, 2.75) is 39.9 Å². The number of anilines is 1. The van der Waals surface area contributed by atoms with Crippen LogP contribution in [0.15, 0.2) is 78.9 Å². The number of aryl methyl sites for hydroxylation is 1. The summed E-state index contributed by atoms with van der Waals surface area (Å²) >= 11 is 0. The van der Waals surface area contributed by atoms with Crippen LogP contribution in [0, 0.1) is 18.3 Å². The fraction of sp³-hybridized carbons (Fsp3) is 0.194. The Balaban J connectivity index is 1.34. The number of aromatic amines is 1. The van der Waals surface area contributed by atoms with Crippen LogP contribution in [0.2, 0.25) is 0 Å². The lowest BCUT2D eigenvalue weighted by Crippen LogP contribution is -2.27. The summed E-state index contributed by atoms with van der Waals surface area (Å²) in [5.74, 6) is 1.37. The number of nitriles is 1. The second-order valence-electron chi connectivity index (χ2n) is 10.3. The number of benzene rings is 3. The Morgan fingerprint density at radius 3 is 2.37 bits per heavy atom. The minimum Gasteiger partial charge on any atom is -0.487 e. The minimum atomic E-state index is -0.622. The summed E-state index contributed by atoms with van der Waals surface area (Å²) in [7, 11) is 0. The van der Waals surface area contributed by atoms with E-state index in [4.69, 9.17) is 9.47 Å². The van der Waals surface area contributed by atoms with Crippen LogP contribution in [0.25, 0.3) is 28.2 Å². The molecule has 2 N–H and O–H groups in total. The molecule has 206 valence electrons. The van der Waals surface area contributed by atoms with Crippen molar-refractivity contribution in [1.82, 2.24) is 25.0 Å². The molecule has 0 spiro atoms. The van der Waals surface area contributed by atoms with Crippen LogP contribution in [0.4, 0.5) is 10.7 Å². The lowest BCUT2D eigenvalue weighted by Gasteiger charge is -2.18. The highest BCUT2D eigenvalue weighted by molar-refractivity contribution is 5.83. The van der Waals surface area contributed by atoms with Crippen molar-refractivity contribution in [3.05, 3.63) is 95.8 Å². The first-order chi connectivity index (χ1) is 19.7. The number of aromatic nitrogens is 5. The number of H-pyrrole nitrogens is 1. The first-order valence-electron chi connectivity index (χ1n) is 13.0. The summed E-state index contributed by atoms with van der Waals surface area (Å²) in [6, 6.07) is 27.4. The highest BCUT2D eigenvalue weighted by atomic mass is 16.6. The molecule has 1 amide bonds. The average molecular weight is 548 g/mol. The lowest BCUT2D eigenvalue weighted by molar-refractivity contribution is 0.0634. The van der Waals surface area contributed by atoms with Gasteiger partial charge in [0.2, 0.25) is 5.95 Å². The maximum atomic E-state index is 12.0. The van der Waals surface area contributed by atoms with Gasteiger partial charge in [-0.15, -0.1) is 10.2 Å². The van der Waals surface area contributed by atoms with Crippen molar-refractivity contribution >= 4 is 12.0 Å². The molecule has 5 rings (SSSR count). The number of para-hydroxylation sites is 2. The van der Waals surface area contributed by atoms with E-state index >= 15 is 0 Å². The first-order valence-corrected chi connectivity index (χ1v) is 13.0. The molecule has 0 unspecified atom stereocenters. The van der Waals surface area contributed by atoms with Gasteiger partial charge in [-0.1, -0.05) is 60.7 Å². The van der Waals surface area contributed by atoms with E-state index in [1.54, 1.807) is 25.5 Å². The standard InChI is InChI=1S/C31H29N7O3/c1-20-25(18-32)26(38(37-20)23-10-6-5-7-11-23)19-40-27-13-9-8-12-24(27)21-14-16-22(17-15-21)28-33-29(36-35-28)34-30(39)41-31(2,3)4/h5-17H,19H2,1-4H3,(H2,33,34,35,36,39). The van der Waals surface area contributed by atoms with Gasteiger partial charge in [0.25, 0.3) is 0 Å². The molecule has 0 saturated heterocycles. The normalized spacial score (nSPS) is 11.1. The Morgan fingerprint density at radius 2 is 1.66 bits per heavy atom. The number of carbonyl (C=O) groups excluding carboxylic acids is 1. The lowest BCUT2D eigenvalue weighted by atomic mass is 10.0. The van der Waals surface area contributed by atoms with E-state index < -0.39 is 11.7 Å². The van der Waals surface area contributed by atoms with Gasteiger partial charge in [-0.05, 0) is 51.5 Å². The van der Waals surface area contributed by atoms with Gasteiger partial charge in [0.05, 0.1) is 17.1 Å². The molecule has 0 aliphatic heterocycles. The van der Waals surface area contributed by atoms with Gasteiger partial charge in [-0.3, -0.25) is 5.32 Å². The zero-order valence-electron chi connectivity index (χ0n) is 23.2. The zero-order valence-corrected chi connectivity index (χ0v) is 23.2. The Morgan fingerprint density at radius 1 is 0.976 bits per heavy atom. The van der Waals surface area contributed by atoms with Crippen LogP contribution in [0.5, 0.6) is 5.75 Å². The molecule has 0 fully saturated rings. The Labute approximate surface area is 237 Å². The smallest absolute Gasteiger partial charge is 0.414 e. The summed E-state index contributed by atoms with van der Waals surface area (Å²) in [4.78, 5) is 15.0. The van der Waals surface area contributed by atoms with Gasteiger partial charge >= 0.3 is 6.09 Å². The molecular weight excluding hydrogens is 518 g/mol. The maximum Gasteiger partial charge on any atom is 0.414 e. The van der Waals surface area contributed by atoms with Crippen molar-refractivity contribution < 1.29 is 14.3 Å².